The van der Waals surface area contributed by atoms with Crippen molar-refractivity contribution in [3.63, 3.8) is 0 Å². The zero-order valence-corrected chi connectivity index (χ0v) is 16.3. The van der Waals surface area contributed by atoms with Gasteiger partial charge in [-0.3, -0.25) is 14.4 Å². The number of carbonyl (C=O) groups excluding carboxylic acids is 1. The molecule has 2 aliphatic heterocycles. The summed E-state index contributed by atoms with van der Waals surface area (Å²) in [6, 6.07) is 10.5. The summed E-state index contributed by atoms with van der Waals surface area (Å²) >= 11 is 0. The van der Waals surface area contributed by atoms with Gasteiger partial charge in [0.1, 0.15) is 5.54 Å². The number of piperidine rings is 1. The second kappa shape index (κ2) is 7.85. The molecule has 0 aliphatic carbocycles. The summed E-state index contributed by atoms with van der Waals surface area (Å²) in [7, 11) is 0. The Morgan fingerprint density at radius 3 is 2.59 bits per heavy atom. The molecule has 5 heteroatoms. The van der Waals surface area contributed by atoms with E-state index in [-0.39, 0.29) is 5.54 Å². The average Bonchev–Trinajstić information content (AvgIpc) is 3.32. The van der Waals surface area contributed by atoms with E-state index in [0.29, 0.717) is 5.91 Å². The Morgan fingerprint density at radius 2 is 1.85 bits per heavy atom. The van der Waals surface area contributed by atoms with E-state index in [9.17, 15) is 4.79 Å². The second-order valence-electron chi connectivity index (χ2n) is 7.89. The van der Waals surface area contributed by atoms with E-state index < -0.39 is 0 Å². The maximum atomic E-state index is 13.5. The molecule has 1 spiro atoms. The topological polar surface area (TPSA) is 41.4 Å². The lowest BCUT2D eigenvalue weighted by Crippen LogP contribution is -2.59. The van der Waals surface area contributed by atoms with Crippen molar-refractivity contribution < 1.29 is 4.79 Å². The first kappa shape index (κ1) is 18.2. The molecule has 1 aromatic heterocycles. The molecule has 1 atom stereocenters. The SMILES string of the molecule is CCn1cc(CN2CCCC23CCCN(CCc2ccccc2)C3=O)cn1. The molecule has 0 radical (unpaired) electrons. The fourth-order valence-electron chi connectivity index (χ4n) is 4.76. The van der Waals surface area contributed by atoms with Crippen molar-refractivity contribution in [2.45, 2.75) is 57.7 Å². The molecule has 1 unspecified atom stereocenters. The zero-order valence-electron chi connectivity index (χ0n) is 16.3. The summed E-state index contributed by atoms with van der Waals surface area (Å²) in [4.78, 5) is 18.0. The third-order valence-electron chi connectivity index (χ3n) is 6.22. The molecule has 0 N–H and O–H groups in total. The number of amides is 1. The predicted molar refractivity (Wildman–Crippen MR) is 106 cm³/mol. The van der Waals surface area contributed by atoms with Gasteiger partial charge >= 0.3 is 0 Å². The van der Waals surface area contributed by atoms with Crippen molar-refractivity contribution in [2.75, 3.05) is 19.6 Å². The van der Waals surface area contributed by atoms with E-state index in [1.54, 1.807) is 0 Å². The van der Waals surface area contributed by atoms with Gasteiger partial charge < -0.3 is 4.90 Å². The van der Waals surface area contributed by atoms with Gasteiger partial charge in [0.15, 0.2) is 0 Å². The molecule has 5 nitrogen and oxygen atoms in total. The van der Waals surface area contributed by atoms with Crippen molar-refractivity contribution in [3.8, 4) is 0 Å². The van der Waals surface area contributed by atoms with E-state index >= 15 is 0 Å². The number of aromatic nitrogens is 2. The smallest absolute Gasteiger partial charge is 0.243 e. The second-order valence-corrected chi connectivity index (χ2v) is 7.89. The maximum Gasteiger partial charge on any atom is 0.243 e. The first-order valence-electron chi connectivity index (χ1n) is 10.3. The van der Waals surface area contributed by atoms with Crippen molar-refractivity contribution in [1.82, 2.24) is 19.6 Å². The van der Waals surface area contributed by atoms with Crippen molar-refractivity contribution in [1.29, 1.82) is 0 Å². The van der Waals surface area contributed by atoms with Gasteiger partial charge in [0.25, 0.3) is 0 Å². The van der Waals surface area contributed by atoms with Gasteiger partial charge in [-0.2, -0.15) is 5.10 Å². The Kier molecular flexibility index (Phi) is 5.30. The number of benzene rings is 1. The summed E-state index contributed by atoms with van der Waals surface area (Å²) in [5.74, 6) is 0.352. The summed E-state index contributed by atoms with van der Waals surface area (Å²) in [5, 5.41) is 4.40. The molecule has 2 aliphatic rings. The van der Waals surface area contributed by atoms with Gasteiger partial charge in [0.05, 0.1) is 6.20 Å². The minimum absolute atomic E-state index is 0.288. The van der Waals surface area contributed by atoms with Crippen LogP contribution in [0.25, 0.3) is 0 Å². The first-order chi connectivity index (χ1) is 13.2. The molecular formula is C22H30N4O. The van der Waals surface area contributed by atoms with Gasteiger partial charge in [0.2, 0.25) is 5.91 Å². The fourth-order valence-corrected chi connectivity index (χ4v) is 4.76. The molecule has 0 saturated carbocycles. The Bertz CT molecular complexity index is 772. The Labute approximate surface area is 162 Å². The molecule has 1 aromatic carbocycles. The Balaban J connectivity index is 1.46. The largest absolute Gasteiger partial charge is 0.341 e. The molecule has 1 amide bonds. The normalized spacial score (nSPS) is 23.4. The monoisotopic (exact) mass is 366 g/mol. The lowest BCUT2D eigenvalue weighted by atomic mass is 9.85. The van der Waals surface area contributed by atoms with Crippen LogP contribution < -0.4 is 0 Å². The maximum absolute atomic E-state index is 13.5. The molecule has 2 aromatic rings. The van der Waals surface area contributed by atoms with Crippen LogP contribution >= 0.6 is 0 Å². The van der Waals surface area contributed by atoms with Crippen LogP contribution in [0.1, 0.15) is 43.7 Å². The molecule has 2 saturated heterocycles. The number of aryl methyl sites for hydroxylation is 1. The highest BCUT2D eigenvalue weighted by Gasteiger charge is 2.50. The quantitative estimate of drug-likeness (QED) is 0.789. The van der Waals surface area contributed by atoms with Crippen molar-refractivity contribution >= 4 is 5.91 Å². The van der Waals surface area contributed by atoms with E-state index in [2.05, 4.69) is 52.3 Å². The highest BCUT2D eigenvalue weighted by molar-refractivity contribution is 5.87. The van der Waals surface area contributed by atoms with Gasteiger partial charge in [0, 0.05) is 37.9 Å². The van der Waals surface area contributed by atoms with Gasteiger partial charge in [-0.05, 0) is 51.1 Å². The van der Waals surface area contributed by atoms with Crippen LogP contribution in [0.5, 0.6) is 0 Å². The Morgan fingerprint density at radius 1 is 1.07 bits per heavy atom. The standard InChI is InChI=1S/C22H30N4O/c1-2-26-18-20(16-23-26)17-25-14-7-12-22(25)11-6-13-24(21(22)27)15-10-19-8-4-3-5-9-19/h3-5,8-9,16,18H,2,6-7,10-15,17H2,1H3. The molecule has 2 fully saturated rings. The molecule has 4 rings (SSSR count). The van der Waals surface area contributed by atoms with Crippen LogP contribution in [0.15, 0.2) is 42.7 Å². The molecule has 0 bridgehead atoms. The van der Waals surface area contributed by atoms with Crippen LogP contribution in [0.2, 0.25) is 0 Å². The van der Waals surface area contributed by atoms with Crippen LogP contribution in [0.4, 0.5) is 0 Å². The highest BCUT2D eigenvalue weighted by atomic mass is 16.2. The lowest BCUT2D eigenvalue weighted by Gasteiger charge is -2.44. The summed E-state index contributed by atoms with van der Waals surface area (Å²) < 4.78 is 1.97. The molecular weight excluding hydrogens is 336 g/mol. The van der Waals surface area contributed by atoms with Crippen LogP contribution in [-0.4, -0.2) is 50.7 Å². The number of hydrogen-bond acceptors (Lipinski definition) is 3. The minimum atomic E-state index is -0.288. The van der Waals surface area contributed by atoms with E-state index in [4.69, 9.17) is 0 Å². The van der Waals surface area contributed by atoms with Crippen molar-refractivity contribution in [2.24, 2.45) is 0 Å². The predicted octanol–water partition coefficient (Wildman–Crippen LogP) is 3.10. The summed E-state index contributed by atoms with van der Waals surface area (Å²) in [6.07, 6.45) is 9.21. The van der Waals surface area contributed by atoms with E-state index in [1.807, 2.05) is 16.9 Å². The number of carbonyl (C=O) groups is 1. The first-order valence-corrected chi connectivity index (χ1v) is 10.3. The van der Waals surface area contributed by atoms with Crippen LogP contribution in [0.3, 0.4) is 0 Å². The number of nitrogens with zero attached hydrogens (tertiary/aromatic N) is 4. The number of likely N-dealkylation sites (tertiary alicyclic amines) is 2. The molecule has 144 valence electrons. The average molecular weight is 367 g/mol. The van der Waals surface area contributed by atoms with Gasteiger partial charge in [-0.25, -0.2) is 0 Å². The highest BCUT2D eigenvalue weighted by Crippen LogP contribution is 2.39. The lowest BCUT2D eigenvalue weighted by molar-refractivity contribution is -0.147. The third kappa shape index (κ3) is 3.65. The van der Waals surface area contributed by atoms with Crippen LogP contribution in [-0.2, 0) is 24.3 Å². The number of rotatable bonds is 6. The fraction of sp³-hybridized carbons (Fsp3) is 0.545. The number of hydrogen-bond donors (Lipinski definition) is 0. The van der Waals surface area contributed by atoms with Gasteiger partial charge in [-0.15, -0.1) is 0 Å². The van der Waals surface area contributed by atoms with Crippen molar-refractivity contribution in [3.05, 3.63) is 53.9 Å². The van der Waals surface area contributed by atoms with E-state index in [1.165, 1.54) is 11.1 Å². The van der Waals surface area contributed by atoms with E-state index in [0.717, 1.165) is 64.8 Å². The third-order valence-corrected chi connectivity index (χ3v) is 6.22. The minimum Gasteiger partial charge on any atom is -0.341 e. The van der Waals surface area contributed by atoms with Crippen LogP contribution in [0, 0.1) is 0 Å². The Hall–Kier alpha value is -2.14. The molecule has 3 heterocycles. The summed E-state index contributed by atoms with van der Waals surface area (Å²) in [5.41, 5.74) is 2.23. The zero-order chi connectivity index (χ0) is 18.7. The molecule has 27 heavy (non-hydrogen) atoms. The summed E-state index contributed by atoms with van der Waals surface area (Å²) in [6.45, 7) is 6.55. The van der Waals surface area contributed by atoms with Gasteiger partial charge in [-0.1, -0.05) is 30.3 Å².